The Labute approximate surface area is 506 Å². The first-order valence-corrected chi connectivity index (χ1v) is 33.4. The molecule has 0 saturated carbocycles. The van der Waals surface area contributed by atoms with Crippen molar-refractivity contribution in [2.24, 2.45) is 5.73 Å². The smallest absolute Gasteiger partial charge is 0.462 e. The fourth-order valence-electron chi connectivity index (χ4n) is 7.84. The zero-order valence-electron chi connectivity index (χ0n) is 51.8. The average Bonchev–Trinajstić information content (AvgIpc) is 3.49. The van der Waals surface area contributed by atoms with E-state index in [2.05, 4.69) is 208 Å². The molecule has 10 heteroatoms. The number of carbonyl (C=O) groups is 2. The number of allylic oxidation sites excluding steroid dienone is 32. The molecule has 0 aromatic rings. The van der Waals surface area contributed by atoms with Crippen LogP contribution in [0.5, 0.6) is 0 Å². The van der Waals surface area contributed by atoms with E-state index < -0.39 is 32.5 Å². The number of unbranched alkanes of at least 4 members (excludes halogenated alkanes) is 12. The molecule has 2 atom stereocenters. The van der Waals surface area contributed by atoms with Crippen molar-refractivity contribution in [3.8, 4) is 0 Å². The number of phosphoric acid groups is 1. The number of phosphoric ester groups is 1. The van der Waals surface area contributed by atoms with Gasteiger partial charge in [-0.1, -0.05) is 260 Å². The van der Waals surface area contributed by atoms with Crippen LogP contribution in [-0.2, 0) is 32.7 Å². The minimum Gasteiger partial charge on any atom is -0.462 e. The molecule has 0 spiro atoms. The molecule has 0 saturated heterocycles. The topological polar surface area (TPSA) is 134 Å². The number of hydrogen-bond acceptors (Lipinski definition) is 8. The van der Waals surface area contributed by atoms with Gasteiger partial charge in [-0.3, -0.25) is 18.6 Å². The molecule has 3 N–H and O–H groups in total. The van der Waals surface area contributed by atoms with Gasteiger partial charge in [-0.15, -0.1) is 0 Å². The first kappa shape index (κ1) is 77.9. The van der Waals surface area contributed by atoms with Crippen LogP contribution in [0, 0.1) is 0 Å². The van der Waals surface area contributed by atoms with Gasteiger partial charge in [0.25, 0.3) is 0 Å². The lowest BCUT2D eigenvalue weighted by atomic mass is 10.1. The maximum absolute atomic E-state index is 12.7. The predicted octanol–water partition coefficient (Wildman–Crippen LogP) is 21.0. The van der Waals surface area contributed by atoms with Crippen LogP contribution in [0.4, 0.5) is 0 Å². The van der Waals surface area contributed by atoms with Crippen molar-refractivity contribution in [2.45, 2.75) is 225 Å². The quantitative estimate of drug-likeness (QED) is 0.0264. The highest BCUT2D eigenvalue weighted by atomic mass is 31.2. The molecule has 0 bridgehead atoms. The molecule has 0 aliphatic carbocycles. The molecular formula is C73H114NO8P. The molecule has 0 aromatic heterocycles. The SMILES string of the molecule is CC/C=C\C/C=C\C/C=C\C/C=C\C/C=C\C/C=C\C/C=C\C/C=C\C/C=C\C/C=C\C/C=C\CCCCCC(=O)OC(COC(=O)CCCCCCCCCCC/C=C\C/C=C\C/C=C\C/C=C\C/C=C\CC)COP(=O)(O)OCCN. The van der Waals surface area contributed by atoms with Gasteiger partial charge in [-0.05, 0) is 141 Å². The van der Waals surface area contributed by atoms with E-state index >= 15 is 0 Å². The summed E-state index contributed by atoms with van der Waals surface area (Å²) in [6.45, 7) is 3.44. The lowest BCUT2D eigenvalue weighted by molar-refractivity contribution is -0.161. The van der Waals surface area contributed by atoms with Crippen molar-refractivity contribution in [3.05, 3.63) is 194 Å². The van der Waals surface area contributed by atoms with Crippen molar-refractivity contribution < 1.29 is 37.6 Å². The van der Waals surface area contributed by atoms with Gasteiger partial charge < -0.3 is 20.1 Å². The fourth-order valence-corrected chi connectivity index (χ4v) is 8.61. The van der Waals surface area contributed by atoms with Crippen LogP contribution in [0.3, 0.4) is 0 Å². The van der Waals surface area contributed by atoms with E-state index in [0.717, 1.165) is 148 Å². The third-order valence-corrected chi connectivity index (χ3v) is 13.5. The number of carbonyl (C=O) groups excluding carboxylic acids is 2. The Bertz CT molecular complexity index is 2060. The van der Waals surface area contributed by atoms with Crippen molar-refractivity contribution >= 4 is 19.8 Å². The molecule has 0 radical (unpaired) electrons. The molecule has 2 unspecified atom stereocenters. The van der Waals surface area contributed by atoms with Crippen LogP contribution < -0.4 is 5.73 Å². The number of nitrogens with two attached hydrogens (primary N) is 1. The van der Waals surface area contributed by atoms with Gasteiger partial charge in [0, 0.05) is 19.4 Å². The van der Waals surface area contributed by atoms with E-state index in [4.69, 9.17) is 24.3 Å². The van der Waals surface area contributed by atoms with Crippen LogP contribution in [0.1, 0.15) is 219 Å². The van der Waals surface area contributed by atoms with E-state index in [9.17, 15) is 19.0 Å². The number of ether oxygens (including phenoxy) is 2. The maximum Gasteiger partial charge on any atom is 0.472 e. The van der Waals surface area contributed by atoms with Crippen LogP contribution >= 0.6 is 7.82 Å². The van der Waals surface area contributed by atoms with Gasteiger partial charge in [-0.2, -0.15) is 0 Å². The summed E-state index contributed by atoms with van der Waals surface area (Å²) in [6, 6.07) is 0. The second kappa shape index (κ2) is 66.0. The van der Waals surface area contributed by atoms with Crippen LogP contribution in [0.25, 0.3) is 0 Å². The Hall–Kier alpha value is -5.15. The van der Waals surface area contributed by atoms with Gasteiger partial charge in [0.1, 0.15) is 6.61 Å². The Morgan fingerprint density at radius 2 is 0.627 bits per heavy atom. The van der Waals surface area contributed by atoms with Crippen molar-refractivity contribution in [2.75, 3.05) is 26.4 Å². The summed E-state index contributed by atoms with van der Waals surface area (Å²) in [5.41, 5.74) is 5.39. The molecule has 0 fully saturated rings. The second-order valence-electron chi connectivity index (χ2n) is 20.2. The first-order valence-electron chi connectivity index (χ1n) is 31.9. The zero-order valence-corrected chi connectivity index (χ0v) is 52.7. The third kappa shape index (κ3) is 65.9. The normalized spacial score (nSPS) is 14.3. The molecule has 464 valence electrons. The average molecular weight is 1160 g/mol. The molecule has 83 heavy (non-hydrogen) atoms. The molecule has 0 amide bonds. The van der Waals surface area contributed by atoms with Crippen LogP contribution in [0.2, 0.25) is 0 Å². The number of rotatable bonds is 57. The van der Waals surface area contributed by atoms with Crippen LogP contribution in [-0.4, -0.2) is 49.3 Å². The van der Waals surface area contributed by atoms with E-state index in [1.165, 1.54) is 32.1 Å². The maximum atomic E-state index is 12.7. The lowest BCUT2D eigenvalue weighted by Gasteiger charge is -2.19. The lowest BCUT2D eigenvalue weighted by Crippen LogP contribution is -2.29. The summed E-state index contributed by atoms with van der Waals surface area (Å²) in [5, 5.41) is 0. The molecule has 0 rings (SSSR count). The van der Waals surface area contributed by atoms with E-state index in [-0.39, 0.29) is 32.6 Å². The standard InChI is InChI=1S/C73H114NO8P/c1-3-5-7-9-11-13-15-17-19-21-23-25-27-29-30-31-32-33-34-35-36-37-38-39-40-42-44-46-48-50-52-54-56-58-60-62-64-66-73(76)82-71(70-81-83(77,78)80-68-67-74)69-79-72(75)65-63-61-59-57-55-53-51-49-47-45-43-41-28-26-24-22-20-18-16-14-12-10-8-6-4-2/h5-8,11-14,17-20,23-26,29-30,32-33,35-36,38-39,41-44,48,50,54,56,71H,3-4,9-10,15-16,21-22,27-28,31,34,37,40,45-47,49,51-53,55,57-70,74H2,1-2H3,(H,77,78)/b7-5-,8-6-,13-11-,14-12-,19-17-,20-18-,25-23-,26-24-,30-29-,33-32-,36-35-,39-38-,43-41-,44-42-,50-48-,56-54-. The highest BCUT2D eigenvalue weighted by molar-refractivity contribution is 7.47. The largest absolute Gasteiger partial charge is 0.472 e. The Morgan fingerprint density at radius 1 is 0.361 bits per heavy atom. The summed E-state index contributed by atoms with van der Waals surface area (Å²) in [4.78, 5) is 35.3. The monoisotopic (exact) mass is 1160 g/mol. The van der Waals surface area contributed by atoms with Gasteiger partial charge >= 0.3 is 19.8 Å². The van der Waals surface area contributed by atoms with E-state index in [1.807, 2.05) is 0 Å². The molecule has 0 aromatic carbocycles. The minimum absolute atomic E-state index is 0.0356. The molecule has 0 aliphatic heterocycles. The fraction of sp³-hybridized carbons (Fsp3) is 0.534. The predicted molar refractivity (Wildman–Crippen MR) is 357 cm³/mol. The Kier molecular flexibility index (Phi) is 61.9. The second-order valence-corrected chi connectivity index (χ2v) is 21.6. The van der Waals surface area contributed by atoms with Crippen molar-refractivity contribution in [3.63, 3.8) is 0 Å². The molecule has 9 nitrogen and oxygen atoms in total. The van der Waals surface area contributed by atoms with Crippen molar-refractivity contribution in [1.29, 1.82) is 0 Å². The Balaban J connectivity index is 4.11. The van der Waals surface area contributed by atoms with Crippen LogP contribution in [0.15, 0.2) is 194 Å². The van der Waals surface area contributed by atoms with Crippen molar-refractivity contribution in [1.82, 2.24) is 0 Å². The van der Waals surface area contributed by atoms with Gasteiger partial charge in [0.15, 0.2) is 6.10 Å². The summed E-state index contributed by atoms with van der Waals surface area (Å²) < 4.78 is 33.0. The highest BCUT2D eigenvalue weighted by Crippen LogP contribution is 2.43. The number of esters is 2. The zero-order chi connectivity index (χ0) is 60.1. The summed E-state index contributed by atoms with van der Waals surface area (Å²) in [7, 11) is -4.42. The summed E-state index contributed by atoms with van der Waals surface area (Å²) in [6.07, 6.45) is 101. The van der Waals surface area contributed by atoms with Gasteiger partial charge in [0.2, 0.25) is 0 Å². The summed E-state index contributed by atoms with van der Waals surface area (Å²) >= 11 is 0. The third-order valence-electron chi connectivity index (χ3n) is 12.5. The summed E-state index contributed by atoms with van der Waals surface area (Å²) in [5.74, 6) is -0.889. The highest BCUT2D eigenvalue weighted by Gasteiger charge is 2.26. The number of hydrogen-bond donors (Lipinski definition) is 2. The van der Waals surface area contributed by atoms with E-state index in [1.54, 1.807) is 0 Å². The first-order chi connectivity index (χ1) is 40.8. The minimum atomic E-state index is -4.42. The van der Waals surface area contributed by atoms with Gasteiger partial charge in [0.05, 0.1) is 13.2 Å². The molecular weight excluding hydrogens is 1050 g/mol. The molecule has 0 heterocycles. The van der Waals surface area contributed by atoms with E-state index in [0.29, 0.717) is 12.8 Å². The Morgan fingerprint density at radius 3 is 0.940 bits per heavy atom. The molecule has 0 aliphatic rings. The van der Waals surface area contributed by atoms with Gasteiger partial charge in [-0.25, -0.2) is 4.57 Å².